The maximum absolute atomic E-state index is 12.4. The van der Waals surface area contributed by atoms with E-state index in [4.69, 9.17) is 11.6 Å². The molecule has 0 amide bonds. The van der Waals surface area contributed by atoms with Gasteiger partial charge in [-0.3, -0.25) is 0 Å². The van der Waals surface area contributed by atoms with Gasteiger partial charge in [0.25, 0.3) is 10.0 Å². The van der Waals surface area contributed by atoms with E-state index < -0.39 is 10.0 Å². The average molecular weight is 295 g/mol. The number of halogens is 1. The van der Waals surface area contributed by atoms with E-state index in [0.29, 0.717) is 21.6 Å². The Hall–Kier alpha value is -0.140. The lowest BCUT2D eigenvalue weighted by Gasteiger charge is -2.24. The molecule has 1 N–H and O–H groups in total. The molecule has 1 aliphatic heterocycles. The van der Waals surface area contributed by atoms with Gasteiger partial charge in [-0.05, 0) is 32.0 Å². The summed E-state index contributed by atoms with van der Waals surface area (Å²) in [5.41, 5.74) is 0. The molecule has 0 saturated carbocycles. The first kappa shape index (κ1) is 13.3. The molecule has 0 bridgehead atoms. The van der Waals surface area contributed by atoms with E-state index in [0.717, 1.165) is 24.3 Å². The molecule has 7 heteroatoms. The molecule has 0 aromatic carbocycles. The molecule has 17 heavy (non-hydrogen) atoms. The van der Waals surface area contributed by atoms with Crippen LogP contribution < -0.4 is 5.32 Å². The first-order chi connectivity index (χ1) is 8.01. The molecule has 0 aliphatic carbocycles. The first-order valence-electron chi connectivity index (χ1n) is 5.50. The van der Waals surface area contributed by atoms with Crippen LogP contribution >= 0.6 is 22.9 Å². The molecule has 1 aromatic rings. The topological polar surface area (TPSA) is 49.4 Å². The Morgan fingerprint density at radius 2 is 2.24 bits per heavy atom. The van der Waals surface area contributed by atoms with Gasteiger partial charge in [0.1, 0.15) is 4.21 Å². The Labute approximate surface area is 111 Å². The lowest BCUT2D eigenvalue weighted by Crippen LogP contribution is -2.39. The molecular formula is C10H15ClN2O2S2. The van der Waals surface area contributed by atoms with Gasteiger partial charge >= 0.3 is 0 Å². The summed E-state index contributed by atoms with van der Waals surface area (Å²) in [4.78, 5) is 0. The second-order valence-corrected chi connectivity index (χ2v) is 7.89. The molecule has 1 atom stereocenters. The largest absolute Gasteiger partial charge is 0.315 e. The Morgan fingerprint density at radius 1 is 1.47 bits per heavy atom. The summed E-state index contributed by atoms with van der Waals surface area (Å²) in [6, 6.07) is 3.23. The van der Waals surface area contributed by atoms with Crippen LogP contribution in [0.25, 0.3) is 0 Å². The summed E-state index contributed by atoms with van der Waals surface area (Å²) in [6.45, 7) is 4.01. The number of nitrogens with one attached hydrogen (secondary N) is 1. The van der Waals surface area contributed by atoms with E-state index >= 15 is 0 Å². The molecule has 4 nitrogen and oxygen atoms in total. The Balaban J connectivity index is 2.30. The molecule has 1 saturated heterocycles. The van der Waals surface area contributed by atoms with Gasteiger partial charge in [-0.2, -0.15) is 4.31 Å². The second kappa shape index (κ2) is 5.24. The summed E-state index contributed by atoms with van der Waals surface area (Å²) in [5, 5.41) is 3.21. The van der Waals surface area contributed by atoms with Crippen molar-refractivity contribution in [2.24, 2.45) is 0 Å². The van der Waals surface area contributed by atoms with Crippen LogP contribution in [0, 0.1) is 0 Å². The summed E-state index contributed by atoms with van der Waals surface area (Å²) < 4.78 is 27.2. The summed E-state index contributed by atoms with van der Waals surface area (Å²) >= 11 is 6.91. The van der Waals surface area contributed by atoms with E-state index in [1.54, 1.807) is 16.4 Å². The van der Waals surface area contributed by atoms with Crippen LogP contribution in [0.1, 0.15) is 13.3 Å². The van der Waals surface area contributed by atoms with Crippen LogP contribution in [-0.4, -0.2) is 38.4 Å². The minimum absolute atomic E-state index is 0.0240. The van der Waals surface area contributed by atoms with Crippen molar-refractivity contribution < 1.29 is 8.42 Å². The zero-order valence-electron chi connectivity index (χ0n) is 9.52. The summed E-state index contributed by atoms with van der Waals surface area (Å²) in [6.07, 6.45) is 0.832. The van der Waals surface area contributed by atoms with Crippen LogP contribution in [0.3, 0.4) is 0 Å². The SMILES string of the molecule is CC1CCNCCN1S(=O)(=O)c1ccc(Cl)s1. The van der Waals surface area contributed by atoms with Gasteiger partial charge in [0, 0.05) is 19.1 Å². The fraction of sp³-hybridized carbons (Fsp3) is 0.600. The molecule has 96 valence electrons. The maximum atomic E-state index is 12.4. The molecule has 2 heterocycles. The van der Waals surface area contributed by atoms with E-state index in [9.17, 15) is 8.42 Å². The number of hydrogen-bond acceptors (Lipinski definition) is 4. The Kier molecular flexibility index (Phi) is 4.10. The van der Waals surface area contributed by atoms with Crippen LogP contribution in [0.4, 0.5) is 0 Å². The van der Waals surface area contributed by atoms with Gasteiger partial charge in [-0.15, -0.1) is 11.3 Å². The van der Waals surface area contributed by atoms with Crippen LogP contribution in [-0.2, 0) is 10.0 Å². The second-order valence-electron chi connectivity index (χ2n) is 4.06. The molecule has 0 radical (unpaired) electrons. The van der Waals surface area contributed by atoms with Crippen molar-refractivity contribution in [3.05, 3.63) is 16.5 Å². The lowest BCUT2D eigenvalue weighted by atomic mass is 10.2. The van der Waals surface area contributed by atoms with Gasteiger partial charge < -0.3 is 5.32 Å². The van der Waals surface area contributed by atoms with Crippen molar-refractivity contribution in [1.29, 1.82) is 0 Å². The fourth-order valence-corrected chi connectivity index (χ4v) is 5.17. The minimum Gasteiger partial charge on any atom is -0.315 e. The third kappa shape index (κ3) is 2.82. The quantitative estimate of drug-likeness (QED) is 0.904. The third-order valence-corrected chi connectivity index (χ3v) is 6.56. The van der Waals surface area contributed by atoms with E-state index in [-0.39, 0.29) is 6.04 Å². The van der Waals surface area contributed by atoms with Crippen LogP contribution in [0.5, 0.6) is 0 Å². The molecule has 1 unspecified atom stereocenters. The van der Waals surface area contributed by atoms with Gasteiger partial charge in [-0.25, -0.2) is 8.42 Å². The van der Waals surface area contributed by atoms with Crippen LogP contribution in [0.2, 0.25) is 4.34 Å². The molecular weight excluding hydrogens is 280 g/mol. The Bertz CT molecular complexity index is 486. The van der Waals surface area contributed by atoms with Crippen molar-refractivity contribution in [3.63, 3.8) is 0 Å². The van der Waals surface area contributed by atoms with Crippen molar-refractivity contribution in [2.45, 2.75) is 23.6 Å². The standard InChI is InChI=1S/C10H15ClN2O2S2/c1-8-4-5-12-6-7-13(8)17(14,15)10-3-2-9(11)16-10/h2-3,8,12H,4-7H2,1H3. The Morgan fingerprint density at radius 3 is 2.88 bits per heavy atom. The summed E-state index contributed by atoms with van der Waals surface area (Å²) in [7, 11) is -3.39. The van der Waals surface area contributed by atoms with Crippen molar-refractivity contribution in [3.8, 4) is 0 Å². The lowest BCUT2D eigenvalue weighted by molar-refractivity contribution is 0.351. The predicted molar refractivity (Wildman–Crippen MR) is 70.2 cm³/mol. The van der Waals surface area contributed by atoms with Crippen molar-refractivity contribution in [2.75, 3.05) is 19.6 Å². The number of sulfonamides is 1. The van der Waals surface area contributed by atoms with Crippen LogP contribution in [0.15, 0.2) is 16.3 Å². The van der Waals surface area contributed by atoms with Crippen molar-refractivity contribution >= 4 is 33.0 Å². The highest BCUT2D eigenvalue weighted by molar-refractivity contribution is 7.91. The van der Waals surface area contributed by atoms with E-state index in [1.165, 1.54) is 0 Å². The highest BCUT2D eigenvalue weighted by Gasteiger charge is 2.30. The summed E-state index contributed by atoms with van der Waals surface area (Å²) in [5.74, 6) is 0. The molecule has 1 aromatic heterocycles. The molecule has 1 aliphatic rings. The molecule has 2 rings (SSSR count). The predicted octanol–water partition coefficient (Wildman–Crippen LogP) is 1.77. The number of hydrogen-bond donors (Lipinski definition) is 1. The van der Waals surface area contributed by atoms with Gasteiger partial charge in [-0.1, -0.05) is 11.6 Å². The minimum atomic E-state index is -3.39. The van der Waals surface area contributed by atoms with Gasteiger partial charge in [0.05, 0.1) is 4.34 Å². The third-order valence-electron chi connectivity index (χ3n) is 2.85. The normalized spacial score (nSPS) is 23.5. The first-order valence-corrected chi connectivity index (χ1v) is 8.13. The average Bonchev–Trinajstić information content (AvgIpc) is 2.58. The van der Waals surface area contributed by atoms with E-state index in [2.05, 4.69) is 5.32 Å². The number of thiophene rings is 1. The van der Waals surface area contributed by atoms with E-state index in [1.807, 2.05) is 6.92 Å². The monoisotopic (exact) mass is 294 g/mol. The number of rotatable bonds is 2. The fourth-order valence-electron chi connectivity index (χ4n) is 1.90. The molecule has 1 fully saturated rings. The van der Waals surface area contributed by atoms with Gasteiger partial charge in [0.15, 0.2) is 0 Å². The maximum Gasteiger partial charge on any atom is 0.252 e. The van der Waals surface area contributed by atoms with Crippen molar-refractivity contribution in [1.82, 2.24) is 9.62 Å². The zero-order chi connectivity index (χ0) is 12.5. The molecule has 0 spiro atoms. The highest BCUT2D eigenvalue weighted by atomic mass is 35.5. The smallest absolute Gasteiger partial charge is 0.252 e. The highest BCUT2D eigenvalue weighted by Crippen LogP contribution is 2.29. The zero-order valence-corrected chi connectivity index (χ0v) is 11.9. The number of nitrogens with zero attached hydrogens (tertiary/aromatic N) is 1. The van der Waals surface area contributed by atoms with Gasteiger partial charge in [0.2, 0.25) is 0 Å².